The zero-order valence-corrected chi connectivity index (χ0v) is 18.5. The average Bonchev–Trinajstić information content (AvgIpc) is 3.58. The van der Waals surface area contributed by atoms with Gasteiger partial charge in [-0.05, 0) is 54.8 Å². The number of nitrogens with one attached hydrogen (secondary N) is 3. The minimum atomic E-state index is -0.841. The summed E-state index contributed by atoms with van der Waals surface area (Å²) >= 11 is 11.9. The van der Waals surface area contributed by atoms with Gasteiger partial charge in [0.2, 0.25) is 0 Å². The van der Waals surface area contributed by atoms with Crippen LogP contribution in [0.3, 0.4) is 0 Å². The van der Waals surface area contributed by atoms with E-state index in [9.17, 15) is 14.4 Å². The summed E-state index contributed by atoms with van der Waals surface area (Å²) < 4.78 is 10.8. The van der Waals surface area contributed by atoms with E-state index in [0.29, 0.717) is 32.8 Å². The van der Waals surface area contributed by atoms with Gasteiger partial charge in [0.25, 0.3) is 5.91 Å². The van der Waals surface area contributed by atoms with Crippen LogP contribution in [0.1, 0.15) is 18.4 Å². The number of methoxy groups -OCH3 is 1. The molecule has 0 aliphatic heterocycles. The molecule has 1 aliphatic rings. The number of benzene rings is 2. The highest BCUT2D eigenvalue weighted by Gasteiger charge is 2.26. The van der Waals surface area contributed by atoms with E-state index in [1.54, 1.807) is 30.3 Å². The van der Waals surface area contributed by atoms with E-state index in [-0.39, 0.29) is 12.6 Å². The van der Waals surface area contributed by atoms with Crippen molar-refractivity contribution in [1.29, 1.82) is 0 Å². The number of hydrogen-bond acceptors (Lipinski definition) is 6. The molecular weight excluding hydrogens is 459 g/mol. The zero-order chi connectivity index (χ0) is 23.1. The Morgan fingerprint density at radius 2 is 1.88 bits per heavy atom. The summed E-state index contributed by atoms with van der Waals surface area (Å²) in [6.45, 7) is -0.283. The molecule has 0 atom stereocenters. The van der Waals surface area contributed by atoms with Gasteiger partial charge in [-0.15, -0.1) is 0 Å². The fourth-order valence-corrected chi connectivity index (χ4v) is 2.95. The van der Waals surface area contributed by atoms with E-state index >= 15 is 0 Å². The van der Waals surface area contributed by atoms with Crippen LogP contribution in [0, 0.1) is 0 Å². The summed E-state index contributed by atoms with van der Waals surface area (Å²) in [6.07, 6.45) is 3.11. The number of halogens is 2. The number of carbonyl (C=O) groups excluding carboxylic acids is 3. The second-order valence-electron chi connectivity index (χ2n) is 6.82. The third-order valence-electron chi connectivity index (χ3n) is 4.25. The molecule has 0 saturated heterocycles. The quantitative estimate of drug-likeness (QED) is 0.306. The summed E-state index contributed by atoms with van der Waals surface area (Å²) in [5.74, 6) is -1.30. The first-order valence-electron chi connectivity index (χ1n) is 9.55. The Morgan fingerprint density at radius 3 is 2.56 bits per heavy atom. The van der Waals surface area contributed by atoms with Crippen LogP contribution in [0.25, 0.3) is 0 Å². The predicted octanol–water partition coefficient (Wildman–Crippen LogP) is 2.75. The van der Waals surface area contributed by atoms with Gasteiger partial charge in [-0.3, -0.25) is 14.4 Å². The summed E-state index contributed by atoms with van der Waals surface area (Å²) in [5, 5.41) is 9.72. The lowest BCUT2D eigenvalue weighted by Gasteiger charge is -2.12. The van der Waals surface area contributed by atoms with Crippen molar-refractivity contribution in [3.05, 3.63) is 52.0 Å². The van der Waals surface area contributed by atoms with Crippen LogP contribution in [-0.2, 0) is 14.4 Å². The number of hydrazone groups is 1. The maximum Gasteiger partial charge on any atom is 0.329 e. The van der Waals surface area contributed by atoms with E-state index < -0.39 is 17.7 Å². The first-order valence-corrected chi connectivity index (χ1v) is 10.3. The maximum absolute atomic E-state index is 12.2. The molecule has 0 unspecified atom stereocenters. The van der Waals surface area contributed by atoms with Crippen LogP contribution in [0.4, 0.5) is 5.69 Å². The van der Waals surface area contributed by atoms with E-state index in [0.717, 1.165) is 12.8 Å². The first-order chi connectivity index (χ1) is 15.4. The lowest BCUT2D eigenvalue weighted by atomic mass is 10.2. The van der Waals surface area contributed by atoms with Crippen molar-refractivity contribution < 1.29 is 23.9 Å². The van der Waals surface area contributed by atoms with Crippen LogP contribution in [0.2, 0.25) is 10.0 Å². The fraction of sp³-hybridized carbons (Fsp3) is 0.238. The van der Waals surface area contributed by atoms with Crippen LogP contribution >= 0.6 is 23.2 Å². The summed E-state index contributed by atoms with van der Waals surface area (Å²) in [4.78, 5) is 35.4. The van der Waals surface area contributed by atoms with E-state index in [1.807, 2.05) is 0 Å². The Hall–Kier alpha value is -3.30. The van der Waals surface area contributed by atoms with Gasteiger partial charge in [-0.25, -0.2) is 5.43 Å². The van der Waals surface area contributed by atoms with Crippen molar-refractivity contribution in [3.8, 4) is 11.5 Å². The SMILES string of the molecule is COc1cc(/C=N/NC(=O)C(=O)NC2CC2)ccc1OCC(=O)Nc1ccc(Cl)cc1Cl. The molecule has 0 spiro atoms. The van der Waals surface area contributed by atoms with Gasteiger partial charge in [0.1, 0.15) is 0 Å². The molecule has 3 amide bonds. The maximum atomic E-state index is 12.2. The van der Waals surface area contributed by atoms with Crippen molar-refractivity contribution >= 4 is 52.8 Å². The number of carbonyl (C=O) groups is 3. The Morgan fingerprint density at radius 1 is 1.09 bits per heavy atom. The molecule has 1 aliphatic carbocycles. The molecule has 0 aromatic heterocycles. The third kappa shape index (κ3) is 6.86. The van der Waals surface area contributed by atoms with E-state index in [4.69, 9.17) is 32.7 Å². The highest BCUT2D eigenvalue weighted by atomic mass is 35.5. The Balaban J connectivity index is 1.53. The number of anilines is 1. The number of ether oxygens (including phenoxy) is 2. The van der Waals surface area contributed by atoms with Crippen molar-refractivity contribution in [2.24, 2.45) is 5.10 Å². The van der Waals surface area contributed by atoms with Crippen LogP contribution in [0.5, 0.6) is 11.5 Å². The summed E-state index contributed by atoms with van der Waals surface area (Å²) in [6, 6.07) is 9.63. The van der Waals surface area contributed by atoms with Crippen LogP contribution in [-0.4, -0.2) is 43.7 Å². The average molecular weight is 479 g/mol. The van der Waals surface area contributed by atoms with Gasteiger partial charge in [-0.1, -0.05) is 23.2 Å². The number of hydrogen-bond donors (Lipinski definition) is 3. The molecule has 2 aromatic carbocycles. The number of rotatable bonds is 8. The molecule has 1 saturated carbocycles. The van der Waals surface area contributed by atoms with Gasteiger partial charge < -0.3 is 20.1 Å². The van der Waals surface area contributed by atoms with E-state index in [2.05, 4.69) is 21.2 Å². The van der Waals surface area contributed by atoms with Gasteiger partial charge in [0.15, 0.2) is 18.1 Å². The minimum Gasteiger partial charge on any atom is -0.493 e. The Bertz CT molecular complexity index is 1060. The second-order valence-corrected chi connectivity index (χ2v) is 7.66. The smallest absolute Gasteiger partial charge is 0.329 e. The molecule has 168 valence electrons. The van der Waals surface area contributed by atoms with Crippen molar-refractivity contribution in [2.45, 2.75) is 18.9 Å². The highest BCUT2D eigenvalue weighted by molar-refractivity contribution is 6.36. The van der Waals surface area contributed by atoms with Gasteiger partial charge in [0.05, 0.1) is 24.0 Å². The van der Waals surface area contributed by atoms with Gasteiger partial charge in [0, 0.05) is 11.1 Å². The Labute approximate surface area is 194 Å². The standard InChI is InChI=1S/C21H20Cl2N4O5/c1-31-18-8-12(10-24-27-21(30)20(29)25-14-4-5-14)2-7-17(18)32-11-19(28)26-16-6-3-13(22)9-15(16)23/h2-3,6-10,14H,4-5,11H2,1H3,(H,25,29)(H,26,28)(H,27,30)/b24-10+. The molecule has 2 aromatic rings. The third-order valence-corrected chi connectivity index (χ3v) is 4.80. The molecule has 32 heavy (non-hydrogen) atoms. The normalized spacial score (nSPS) is 12.8. The largest absolute Gasteiger partial charge is 0.493 e. The lowest BCUT2D eigenvalue weighted by Crippen LogP contribution is -2.38. The molecule has 1 fully saturated rings. The highest BCUT2D eigenvalue weighted by Crippen LogP contribution is 2.28. The van der Waals surface area contributed by atoms with Gasteiger partial charge in [-0.2, -0.15) is 5.10 Å². The summed E-state index contributed by atoms with van der Waals surface area (Å²) in [7, 11) is 1.45. The van der Waals surface area contributed by atoms with Gasteiger partial charge >= 0.3 is 11.8 Å². The first kappa shape index (κ1) is 23.4. The number of amides is 3. The lowest BCUT2D eigenvalue weighted by molar-refractivity contribution is -0.139. The molecule has 3 rings (SSSR count). The van der Waals surface area contributed by atoms with Crippen molar-refractivity contribution in [1.82, 2.24) is 10.7 Å². The van der Waals surface area contributed by atoms with E-state index in [1.165, 1.54) is 19.4 Å². The molecule has 11 heteroatoms. The minimum absolute atomic E-state index is 0.0827. The molecule has 3 N–H and O–H groups in total. The zero-order valence-electron chi connectivity index (χ0n) is 17.0. The molecular formula is C21H20Cl2N4O5. The fourth-order valence-electron chi connectivity index (χ4n) is 2.50. The Kier molecular flexibility index (Phi) is 7.91. The monoisotopic (exact) mass is 478 g/mol. The van der Waals surface area contributed by atoms with Crippen LogP contribution in [0.15, 0.2) is 41.5 Å². The number of nitrogens with zero attached hydrogens (tertiary/aromatic N) is 1. The second kappa shape index (κ2) is 10.8. The topological polar surface area (TPSA) is 118 Å². The van der Waals surface area contributed by atoms with Crippen molar-refractivity contribution in [3.63, 3.8) is 0 Å². The predicted molar refractivity (Wildman–Crippen MR) is 120 cm³/mol. The molecule has 9 nitrogen and oxygen atoms in total. The van der Waals surface area contributed by atoms with Crippen molar-refractivity contribution in [2.75, 3.05) is 19.0 Å². The van der Waals surface area contributed by atoms with Crippen LogP contribution < -0.4 is 25.5 Å². The molecule has 0 heterocycles. The summed E-state index contributed by atoms with van der Waals surface area (Å²) in [5.41, 5.74) is 3.15. The molecule has 0 radical (unpaired) electrons. The molecule has 0 bridgehead atoms.